The molecule has 0 heterocycles. The summed E-state index contributed by atoms with van der Waals surface area (Å²) < 4.78 is 5.32. The molecule has 0 saturated heterocycles. The van der Waals surface area contributed by atoms with Gasteiger partial charge in [0.1, 0.15) is 11.5 Å². The van der Waals surface area contributed by atoms with Crippen LogP contribution in [-0.4, -0.2) is 23.8 Å². The first-order valence-corrected chi connectivity index (χ1v) is 6.44. The van der Waals surface area contributed by atoms with Gasteiger partial charge in [0.15, 0.2) is 6.61 Å². The van der Waals surface area contributed by atoms with E-state index >= 15 is 0 Å². The van der Waals surface area contributed by atoms with E-state index in [1.807, 2.05) is 19.1 Å². The van der Waals surface area contributed by atoms with E-state index < -0.39 is 0 Å². The first kappa shape index (κ1) is 14.6. The van der Waals surface area contributed by atoms with E-state index in [0.29, 0.717) is 11.3 Å². The summed E-state index contributed by atoms with van der Waals surface area (Å²) in [5.74, 6) is 0.424. The van der Waals surface area contributed by atoms with E-state index in [4.69, 9.17) is 4.74 Å². The number of carbonyl (C=O) groups is 1. The van der Waals surface area contributed by atoms with Crippen LogP contribution in [0.25, 0.3) is 0 Å². The van der Waals surface area contributed by atoms with Crippen molar-refractivity contribution in [3.63, 3.8) is 0 Å². The summed E-state index contributed by atoms with van der Waals surface area (Å²) in [6.07, 6.45) is 1.45. The van der Waals surface area contributed by atoms with Crippen LogP contribution in [0.15, 0.2) is 53.6 Å². The average molecular weight is 284 g/mol. The number of phenolic OH excluding ortho intramolecular Hbond substituents is 1. The van der Waals surface area contributed by atoms with Crippen LogP contribution in [0.5, 0.6) is 11.5 Å². The molecule has 2 aromatic rings. The molecule has 0 aliphatic carbocycles. The molecule has 21 heavy (non-hydrogen) atoms. The van der Waals surface area contributed by atoms with Crippen molar-refractivity contribution in [2.75, 3.05) is 6.61 Å². The number of aryl methyl sites for hydroxylation is 1. The van der Waals surface area contributed by atoms with E-state index in [1.54, 1.807) is 36.4 Å². The Bertz CT molecular complexity index is 636. The molecule has 0 aromatic heterocycles. The Hall–Kier alpha value is -2.82. The predicted octanol–water partition coefficient (Wildman–Crippen LogP) is 2.23. The molecule has 0 spiro atoms. The van der Waals surface area contributed by atoms with E-state index in [1.165, 1.54) is 6.21 Å². The van der Waals surface area contributed by atoms with Gasteiger partial charge in [0.25, 0.3) is 5.91 Å². The van der Waals surface area contributed by atoms with Crippen LogP contribution in [0.4, 0.5) is 0 Å². The summed E-state index contributed by atoms with van der Waals surface area (Å²) in [5.41, 5.74) is 4.17. The van der Waals surface area contributed by atoms with Crippen LogP contribution < -0.4 is 10.2 Å². The van der Waals surface area contributed by atoms with Gasteiger partial charge < -0.3 is 9.84 Å². The Balaban J connectivity index is 1.78. The fourth-order valence-electron chi connectivity index (χ4n) is 1.60. The highest BCUT2D eigenvalue weighted by Crippen LogP contribution is 2.11. The number of aromatic hydroxyl groups is 1. The van der Waals surface area contributed by atoms with Crippen molar-refractivity contribution in [1.29, 1.82) is 0 Å². The maximum absolute atomic E-state index is 11.5. The van der Waals surface area contributed by atoms with Gasteiger partial charge in [-0.25, -0.2) is 5.43 Å². The van der Waals surface area contributed by atoms with Crippen LogP contribution in [0.1, 0.15) is 11.1 Å². The standard InChI is InChI=1S/C16H16N2O3/c1-12-5-7-15(8-6-12)21-11-16(20)18-17-10-13-3-2-4-14(19)9-13/h2-10,19H,11H2,1H3,(H,18,20)/b17-10+. The zero-order valence-corrected chi connectivity index (χ0v) is 11.6. The summed E-state index contributed by atoms with van der Waals surface area (Å²) in [7, 11) is 0. The average Bonchev–Trinajstić information content (AvgIpc) is 2.47. The molecule has 0 aliphatic heterocycles. The molecule has 2 aromatic carbocycles. The molecule has 5 nitrogen and oxygen atoms in total. The molecule has 5 heteroatoms. The second-order valence-corrected chi connectivity index (χ2v) is 4.49. The quantitative estimate of drug-likeness (QED) is 0.653. The van der Waals surface area contributed by atoms with Gasteiger partial charge in [-0.05, 0) is 36.8 Å². The van der Waals surface area contributed by atoms with Gasteiger partial charge >= 0.3 is 0 Å². The van der Waals surface area contributed by atoms with Crippen molar-refractivity contribution < 1.29 is 14.6 Å². The fraction of sp³-hybridized carbons (Fsp3) is 0.125. The SMILES string of the molecule is Cc1ccc(OCC(=O)N/N=C/c2cccc(O)c2)cc1. The highest BCUT2D eigenvalue weighted by molar-refractivity contribution is 5.83. The fourth-order valence-corrected chi connectivity index (χ4v) is 1.60. The normalized spacial score (nSPS) is 10.5. The first-order valence-electron chi connectivity index (χ1n) is 6.44. The third kappa shape index (κ3) is 4.99. The van der Waals surface area contributed by atoms with Gasteiger partial charge in [0.2, 0.25) is 0 Å². The summed E-state index contributed by atoms with van der Waals surface area (Å²) in [4.78, 5) is 11.5. The third-order valence-corrected chi connectivity index (χ3v) is 2.66. The Morgan fingerprint density at radius 2 is 2.05 bits per heavy atom. The summed E-state index contributed by atoms with van der Waals surface area (Å²) in [6, 6.07) is 14.0. The number of benzene rings is 2. The van der Waals surface area contributed by atoms with Gasteiger partial charge in [0, 0.05) is 0 Å². The molecular weight excluding hydrogens is 268 g/mol. The lowest BCUT2D eigenvalue weighted by molar-refractivity contribution is -0.123. The predicted molar refractivity (Wildman–Crippen MR) is 80.5 cm³/mol. The molecule has 0 radical (unpaired) electrons. The molecule has 1 amide bonds. The minimum Gasteiger partial charge on any atom is -0.508 e. The van der Waals surface area contributed by atoms with Crippen LogP contribution in [0.3, 0.4) is 0 Å². The number of amides is 1. The third-order valence-electron chi connectivity index (χ3n) is 2.66. The van der Waals surface area contributed by atoms with E-state index in [9.17, 15) is 9.90 Å². The highest BCUT2D eigenvalue weighted by atomic mass is 16.5. The number of rotatable bonds is 5. The largest absolute Gasteiger partial charge is 0.508 e. The molecule has 0 unspecified atom stereocenters. The van der Waals surface area contributed by atoms with Crippen molar-refractivity contribution >= 4 is 12.1 Å². The molecule has 108 valence electrons. The first-order chi connectivity index (χ1) is 10.1. The van der Waals surface area contributed by atoms with Gasteiger partial charge in [-0.15, -0.1) is 0 Å². The van der Waals surface area contributed by atoms with Crippen molar-refractivity contribution in [2.24, 2.45) is 5.10 Å². The van der Waals surface area contributed by atoms with Gasteiger partial charge in [-0.3, -0.25) is 4.79 Å². The number of carbonyl (C=O) groups excluding carboxylic acids is 1. The van der Waals surface area contributed by atoms with Gasteiger partial charge in [0.05, 0.1) is 6.21 Å². The lowest BCUT2D eigenvalue weighted by atomic mass is 10.2. The smallest absolute Gasteiger partial charge is 0.277 e. The lowest BCUT2D eigenvalue weighted by Crippen LogP contribution is -2.24. The minimum atomic E-state index is -0.355. The number of ether oxygens (including phenoxy) is 1. The number of hydrogen-bond acceptors (Lipinski definition) is 4. The van der Waals surface area contributed by atoms with E-state index in [2.05, 4.69) is 10.5 Å². The molecule has 2 N–H and O–H groups in total. The Morgan fingerprint density at radius 1 is 1.29 bits per heavy atom. The summed E-state index contributed by atoms with van der Waals surface area (Å²) >= 11 is 0. The Labute approximate surface area is 122 Å². The van der Waals surface area contributed by atoms with E-state index in [0.717, 1.165) is 5.56 Å². The van der Waals surface area contributed by atoms with Gasteiger partial charge in [-0.2, -0.15) is 5.10 Å². The molecule has 0 saturated carbocycles. The Kier molecular flexibility index (Phi) is 4.93. The number of phenols is 1. The van der Waals surface area contributed by atoms with Crippen molar-refractivity contribution in [2.45, 2.75) is 6.92 Å². The summed E-state index contributed by atoms with van der Waals surface area (Å²) in [6.45, 7) is 1.87. The summed E-state index contributed by atoms with van der Waals surface area (Å²) in [5, 5.41) is 13.1. The zero-order valence-electron chi connectivity index (χ0n) is 11.6. The van der Waals surface area contributed by atoms with Crippen molar-refractivity contribution in [1.82, 2.24) is 5.43 Å². The highest BCUT2D eigenvalue weighted by Gasteiger charge is 2.01. The number of nitrogens with one attached hydrogen (secondary N) is 1. The number of hydrazone groups is 1. The molecular formula is C16H16N2O3. The second kappa shape index (κ2) is 7.09. The van der Waals surface area contributed by atoms with Crippen molar-refractivity contribution in [3.05, 3.63) is 59.7 Å². The van der Waals surface area contributed by atoms with Gasteiger partial charge in [-0.1, -0.05) is 29.8 Å². The maximum Gasteiger partial charge on any atom is 0.277 e. The number of hydrogen-bond donors (Lipinski definition) is 2. The second-order valence-electron chi connectivity index (χ2n) is 4.49. The van der Waals surface area contributed by atoms with Crippen molar-refractivity contribution in [3.8, 4) is 11.5 Å². The molecule has 2 rings (SSSR count). The van der Waals surface area contributed by atoms with Crippen LogP contribution in [0, 0.1) is 6.92 Å². The van der Waals surface area contributed by atoms with Crippen LogP contribution in [0.2, 0.25) is 0 Å². The molecule has 0 aliphatic rings. The maximum atomic E-state index is 11.5. The topological polar surface area (TPSA) is 70.9 Å². The van der Waals surface area contributed by atoms with E-state index in [-0.39, 0.29) is 18.3 Å². The monoisotopic (exact) mass is 284 g/mol. The molecule has 0 bridgehead atoms. The molecule has 0 fully saturated rings. The zero-order chi connectivity index (χ0) is 15.1. The lowest BCUT2D eigenvalue weighted by Gasteiger charge is -2.05. The minimum absolute atomic E-state index is 0.111. The van der Waals surface area contributed by atoms with Crippen LogP contribution >= 0.6 is 0 Å². The van der Waals surface area contributed by atoms with Crippen LogP contribution in [-0.2, 0) is 4.79 Å². The number of nitrogens with zero attached hydrogens (tertiary/aromatic N) is 1. The molecule has 0 atom stereocenters. The Morgan fingerprint density at radius 3 is 2.76 bits per heavy atom.